The molecule has 0 aliphatic heterocycles. The summed E-state index contributed by atoms with van der Waals surface area (Å²) in [6, 6.07) is 8.30. The van der Waals surface area contributed by atoms with Gasteiger partial charge in [-0.15, -0.1) is 0 Å². The van der Waals surface area contributed by atoms with Crippen LogP contribution in [0, 0.1) is 27.7 Å². The van der Waals surface area contributed by atoms with Crippen molar-refractivity contribution in [1.82, 2.24) is 0 Å². The lowest BCUT2D eigenvalue weighted by molar-refractivity contribution is 1.07. The Morgan fingerprint density at radius 1 is 1.00 bits per heavy atom. The molecule has 20 heavy (non-hydrogen) atoms. The predicted molar refractivity (Wildman–Crippen MR) is 95.3 cm³/mol. The fraction of sp³-hybridized carbons (Fsp3) is 0.294. The first kappa shape index (κ1) is 16.1. The summed E-state index contributed by atoms with van der Waals surface area (Å²) in [7, 11) is 0. The number of benzene rings is 2. The molecule has 0 spiro atoms. The zero-order valence-corrected chi connectivity index (χ0v) is 15.9. The molecule has 2 aromatic carbocycles. The van der Waals surface area contributed by atoms with Gasteiger partial charge in [-0.25, -0.2) is 0 Å². The van der Waals surface area contributed by atoms with E-state index >= 15 is 0 Å². The molecule has 0 heterocycles. The van der Waals surface area contributed by atoms with E-state index in [1.807, 2.05) is 12.1 Å². The van der Waals surface area contributed by atoms with Crippen LogP contribution < -0.4 is 0 Å². The zero-order chi connectivity index (χ0) is 15.0. The minimum atomic E-state index is 0.103. The molecule has 1 atom stereocenters. The lowest BCUT2D eigenvalue weighted by Gasteiger charge is -2.21. The van der Waals surface area contributed by atoms with E-state index in [1.165, 1.54) is 27.8 Å². The number of hydrogen-bond acceptors (Lipinski definition) is 0. The van der Waals surface area contributed by atoms with Crippen LogP contribution in [0.4, 0.5) is 0 Å². The van der Waals surface area contributed by atoms with Gasteiger partial charge in [0.15, 0.2) is 0 Å². The van der Waals surface area contributed by atoms with Crippen molar-refractivity contribution in [2.45, 2.75) is 32.5 Å². The monoisotopic (exact) mass is 414 g/mol. The summed E-state index contributed by atoms with van der Waals surface area (Å²) in [6.45, 7) is 8.68. The van der Waals surface area contributed by atoms with Gasteiger partial charge in [0.1, 0.15) is 0 Å². The molecule has 0 aliphatic rings. The Labute approximate surface area is 142 Å². The van der Waals surface area contributed by atoms with Gasteiger partial charge in [0.05, 0.1) is 9.85 Å². The Kier molecular flexibility index (Phi) is 4.99. The molecule has 0 aliphatic carbocycles. The van der Waals surface area contributed by atoms with Gasteiger partial charge in [-0.05, 0) is 83.1 Å². The van der Waals surface area contributed by atoms with Crippen LogP contribution in [0.15, 0.2) is 28.7 Å². The highest BCUT2D eigenvalue weighted by molar-refractivity contribution is 9.10. The zero-order valence-electron chi connectivity index (χ0n) is 12.0. The molecule has 0 saturated carbocycles. The lowest BCUT2D eigenvalue weighted by Crippen LogP contribution is -2.03. The second-order valence-corrected chi connectivity index (χ2v) is 7.33. The first-order valence-electron chi connectivity index (χ1n) is 6.49. The molecule has 3 heteroatoms. The van der Waals surface area contributed by atoms with Gasteiger partial charge < -0.3 is 0 Å². The van der Waals surface area contributed by atoms with E-state index in [0.717, 1.165) is 15.1 Å². The second kappa shape index (κ2) is 6.21. The minimum Gasteiger partial charge on any atom is -0.0827 e. The molecule has 0 N–H and O–H groups in total. The molecular formula is C17H17Br2Cl. The summed E-state index contributed by atoms with van der Waals surface area (Å²) >= 11 is 13.8. The number of aryl methyl sites for hydroxylation is 2. The van der Waals surface area contributed by atoms with Gasteiger partial charge in [-0.2, -0.15) is 0 Å². The minimum absolute atomic E-state index is 0.103. The first-order chi connectivity index (χ1) is 9.34. The van der Waals surface area contributed by atoms with Gasteiger partial charge in [0.2, 0.25) is 0 Å². The average Bonchev–Trinajstić information content (AvgIpc) is 2.40. The normalized spacial score (nSPS) is 12.6. The van der Waals surface area contributed by atoms with E-state index in [1.54, 1.807) is 0 Å². The van der Waals surface area contributed by atoms with Crippen molar-refractivity contribution in [1.29, 1.82) is 0 Å². The van der Waals surface area contributed by atoms with Crippen molar-refractivity contribution in [3.05, 3.63) is 67.1 Å². The van der Waals surface area contributed by atoms with Crippen LogP contribution in [-0.4, -0.2) is 0 Å². The molecule has 0 saturated heterocycles. The predicted octanol–water partition coefficient (Wildman–Crippen LogP) is 6.82. The molecule has 0 amide bonds. The Hall–Kier alpha value is -0.310. The van der Waals surface area contributed by atoms with Crippen molar-refractivity contribution in [2.24, 2.45) is 0 Å². The van der Waals surface area contributed by atoms with E-state index in [4.69, 9.17) is 11.6 Å². The maximum absolute atomic E-state index is 6.45. The van der Waals surface area contributed by atoms with Gasteiger partial charge in [0.25, 0.3) is 0 Å². The molecule has 2 rings (SSSR count). The van der Waals surface area contributed by atoms with Crippen LogP contribution in [0.5, 0.6) is 0 Å². The van der Waals surface area contributed by atoms with E-state index in [0.29, 0.717) is 0 Å². The number of halogens is 3. The maximum Gasteiger partial charge on any atom is 0.0664 e. The quantitative estimate of drug-likeness (QED) is 0.471. The highest BCUT2D eigenvalue weighted by atomic mass is 79.9. The fourth-order valence-corrected chi connectivity index (χ4v) is 4.32. The van der Waals surface area contributed by atoms with Gasteiger partial charge in [0, 0.05) is 4.47 Å². The van der Waals surface area contributed by atoms with Crippen LogP contribution in [0.2, 0.25) is 5.02 Å². The van der Waals surface area contributed by atoms with Crippen LogP contribution >= 0.6 is 43.5 Å². The summed E-state index contributed by atoms with van der Waals surface area (Å²) in [4.78, 5) is 0.103. The molecule has 0 fully saturated rings. The Bertz CT molecular complexity index is 636. The van der Waals surface area contributed by atoms with Gasteiger partial charge >= 0.3 is 0 Å². The van der Waals surface area contributed by atoms with Crippen LogP contribution in [0.1, 0.15) is 38.2 Å². The summed E-state index contributed by atoms with van der Waals surface area (Å²) in [5, 5.41) is 0.771. The highest BCUT2D eigenvalue weighted by Gasteiger charge is 2.20. The Morgan fingerprint density at radius 3 is 2.10 bits per heavy atom. The smallest absolute Gasteiger partial charge is 0.0664 e. The molecule has 0 bridgehead atoms. The van der Waals surface area contributed by atoms with Crippen LogP contribution in [-0.2, 0) is 0 Å². The van der Waals surface area contributed by atoms with Crippen LogP contribution in [0.3, 0.4) is 0 Å². The third kappa shape index (κ3) is 2.84. The maximum atomic E-state index is 6.45. The first-order valence-corrected chi connectivity index (χ1v) is 8.58. The molecule has 1 unspecified atom stereocenters. The van der Waals surface area contributed by atoms with Crippen molar-refractivity contribution in [3.8, 4) is 0 Å². The molecule has 106 valence electrons. The van der Waals surface area contributed by atoms with Crippen molar-refractivity contribution >= 4 is 43.5 Å². The summed E-state index contributed by atoms with van der Waals surface area (Å²) in [5.74, 6) is 0. The van der Waals surface area contributed by atoms with E-state index in [2.05, 4.69) is 71.7 Å². The third-order valence-corrected chi connectivity index (χ3v) is 6.19. The van der Waals surface area contributed by atoms with E-state index < -0.39 is 0 Å². The highest BCUT2D eigenvalue weighted by Crippen LogP contribution is 2.41. The summed E-state index contributed by atoms with van der Waals surface area (Å²) < 4.78 is 0.931. The molecular weight excluding hydrogens is 399 g/mol. The Balaban J connectivity index is 2.65. The second-order valence-electron chi connectivity index (χ2n) is 5.18. The van der Waals surface area contributed by atoms with Crippen molar-refractivity contribution in [3.63, 3.8) is 0 Å². The largest absolute Gasteiger partial charge is 0.0827 e. The third-order valence-electron chi connectivity index (χ3n) is 3.93. The Morgan fingerprint density at radius 2 is 1.55 bits per heavy atom. The summed E-state index contributed by atoms with van der Waals surface area (Å²) in [6.07, 6.45) is 0. The van der Waals surface area contributed by atoms with Gasteiger partial charge in [-0.1, -0.05) is 45.7 Å². The average molecular weight is 417 g/mol. The molecule has 0 nitrogen and oxygen atoms in total. The molecule has 2 aromatic rings. The number of alkyl halides is 1. The SMILES string of the molecule is Cc1cc(C)c(C)c(C(Br)c2cccc(Br)c2Cl)c1C. The molecule has 0 radical (unpaired) electrons. The fourth-order valence-electron chi connectivity index (χ4n) is 2.50. The van der Waals surface area contributed by atoms with Crippen LogP contribution in [0.25, 0.3) is 0 Å². The van der Waals surface area contributed by atoms with Crippen molar-refractivity contribution in [2.75, 3.05) is 0 Å². The van der Waals surface area contributed by atoms with E-state index in [9.17, 15) is 0 Å². The lowest BCUT2D eigenvalue weighted by atomic mass is 9.90. The number of hydrogen-bond donors (Lipinski definition) is 0. The topological polar surface area (TPSA) is 0 Å². The standard InChI is InChI=1S/C17H17Br2Cl/c1-9-8-10(2)12(4)15(11(9)3)16(19)13-6-5-7-14(18)17(13)20/h5-8,16H,1-4H3. The van der Waals surface area contributed by atoms with E-state index in [-0.39, 0.29) is 4.83 Å². The van der Waals surface area contributed by atoms with Gasteiger partial charge in [-0.3, -0.25) is 0 Å². The summed E-state index contributed by atoms with van der Waals surface area (Å²) in [5.41, 5.74) is 7.70. The number of rotatable bonds is 2. The van der Waals surface area contributed by atoms with Crippen molar-refractivity contribution < 1.29 is 0 Å². The molecule has 0 aromatic heterocycles.